The minimum atomic E-state index is -0.309. The van der Waals surface area contributed by atoms with Crippen LogP contribution < -0.4 is 20.1 Å². The first-order chi connectivity index (χ1) is 12.6. The second-order valence-corrected chi connectivity index (χ2v) is 5.37. The van der Waals surface area contributed by atoms with E-state index in [2.05, 4.69) is 10.6 Å². The van der Waals surface area contributed by atoms with E-state index in [4.69, 9.17) is 9.47 Å². The molecule has 136 valence electrons. The molecule has 0 heterocycles. The van der Waals surface area contributed by atoms with E-state index in [9.17, 15) is 9.59 Å². The van der Waals surface area contributed by atoms with E-state index in [0.29, 0.717) is 29.3 Å². The Morgan fingerprint density at radius 2 is 1.88 bits per heavy atom. The molecule has 0 aliphatic heterocycles. The first-order valence-electron chi connectivity index (χ1n) is 8.16. The van der Waals surface area contributed by atoms with Crippen molar-refractivity contribution in [1.82, 2.24) is 5.32 Å². The number of nitrogens with one attached hydrogen (secondary N) is 2. The molecule has 0 aromatic heterocycles. The summed E-state index contributed by atoms with van der Waals surface area (Å²) in [5, 5.41) is 5.46. The van der Waals surface area contributed by atoms with E-state index in [1.54, 1.807) is 62.8 Å². The van der Waals surface area contributed by atoms with Crippen molar-refractivity contribution in [3.63, 3.8) is 0 Å². The van der Waals surface area contributed by atoms with Gasteiger partial charge in [0.2, 0.25) is 5.91 Å². The molecule has 2 amide bonds. The van der Waals surface area contributed by atoms with Crippen LogP contribution in [0.3, 0.4) is 0 Å². The molecular formula is C20H22N2O4. The van der Waals surface area contributed by atoms with E-state index in [-0.39, 0.29) is 11.8 Å². The Hall–Kier alpha value is -3.28. The maximum Gasteiger partial charge on any atom is 0.251 e. The largest absolute Gasteiger partial charge is 0.497 e. The first-order valence-corrected chi connectivity index (χ1v) is 8.16. The first kappa shape index (κ1) is 19.1. The molecule has 0 radical (unpaired) electrons. The number of ether oxygens (including phenoxy) is 2. The van der Waals surface area contributed by atoms with Crippen LogP contribution in [0.5, 0.6) is 11.5 Å². The van der Waals surface area contributed by atoms with Crippen molar-refractivity contribution in [2.75, 3.05) is 26.1 Å². The summed E-state index contributed by atoms with van der Waals surface area (Å²) in [6.45, 7) is 2.39. The summed E-state index contributed by atoms with van der Waals surface area (Å²) in [4.78, 5) is 24.0. The smallest absolute Gasteiger partial charge is 0.251 e. The van der Waals surface area contributed by atoms with Crippen molar-refractivity contribution in [1.29, 1.82) is 0 Å². The number of carbonyl (C=O) groups is 2. The molecule has 0 aliphatic carbocycles. The number of methoxy groups -OCH3 is 2. The summed E-state index contributed by atoms with van der Waals surface area (Å²) in [5.41, 5.74) is 1.79. The SMILES string of the molecule is CCNC(=O)c1cccc(NC(=O)/C=C/c2ccc(OC)cc2OC)c1. The maximum absolute atomic E-state index is 12.2. The lowest BCUT2D eigenvalue weighted by Gasteiger charge is -2.08. The van der Waals surface area contributed by atoms with E-state index in [0.717, 1.165) is 5.56 Å². The van der Waals surface area contributed by atoms with Gasteiger partial charge in [-0.05, 0) is 43.3 Å². The summed E-state index contributed by atoms with van der Waals surface area (Å²) in [6, 6.07) is 12.1. The highest BCUT2D eigenvalue weighted by Gasteiger charge is 2.06. The van der Waals surface area contributed by atoms with Crippen LogP contribution in [0.25, 0.3) is 6.08 Å². The average molecular weight is 354 g/mol. The normalized spacial score (nSPS) is 10.4. The number of anilines is 1. The van der Waals surface area contributed by atoms with Gasteiger partial charge in [-0.25, -0.2) is 0 Å². The quantitative estimate of drug-likeness (QED) is 0.749. The number of carbonyl (C=O) groups excluding carboxylic acids is 2. The van der Waals surface area contributed by atoms with Crippen LogP contribution >= 0.6 is 0 Å². The lowest BCUT2D eigenvalue weighted by molar-refractivity contribution is -0.111. The lowest BCUT2D eigenvalue weighted by atomic mass is 10.1. The van der Waals surface area contributed by atoms with Gasteiger partial charge >= 0.3 is 0 Å². The van der Waals surface area contributed by atoms with Crippen molar-refractivity contribution in [2.24, 2.45) is 0 Å². The van der Waals surface area contributed by atoms with Gasteiger partial charge < -0.3 is 20.1 Å². The topological polar surface area (TPSA) is 76.7 Å². The number of benzene rings is 2. The molecule has 26 heavy (non-hydrogen) atoms. The summed E-state index contributed by atoms with van der Waals surface area (Å²) >= 11 is 0. The van der Waals surface area contributed by atoms with Crippen LogP contribution in [0.4, 0.5) is 5.69 Å². The van der Waals surface area contributed by atoms with Gasteiger partial charge in [0.1, 0.15) is 11.5 Å². The van der Waals surface area contributed by atoms with Gasteiger partial charge in [-0.15, -0.1) is 0 Å². The third-order valence-corrected chi connectivity index (χ3v) is 3.58. The van der Waals surface area contributed by atoms with Crippen molar-refractivity contribution in [2.45, 2.75) is 6.92 Å². The zero-order chi connectivity index (χ0) is 18.9. The Kier molecular flexibility index (Phi) is 6.79. The van der Waals surface area contributed by atoms with Crippen molar-refractivity contribution in [3.8, 4) is 11.5 Å². The summed E-state index contributed by atoms with van der Waals surface area (Å²) in [7, 11) is 3.13. The second kappa shape index (κ2) is 9.27. The van der Waals surface area contributed by atoms with Gasteiger partial charge in [0.25, 0.3) is 5.91 Å². The molecule has 6 nitrogen and oxygen atoms in total. The molecule has 6 heteroatoms. The van der Waals surface area contributed by atoms with Crippen LogP contribution in [-0.4, -0.2) is 32.6 Å². The molecule has 2 rings (SSSR count). The molecule has 0 saturated heterocycles. The van der Waals surface area contributed by atoms with Gasteiger partial charge in [-0.3, -0.25) is 9.59 Å². The summed E-state index contributed by atoms with van der Waals surface area (Å²) in [6.07, 6.45) is 3.06. The van der Waals surface area contributed by atoms with Gasteiger partial charge in [-0.2, -0.15) is 0 Å². The van der Waals surface area contributed by atoms with Gasteiger partial charge in [0, 0.05) is 35.5 Å². The monoisotopic (exact) mass is 354 g/mol. The Morgan fingerprint density at radius 1 is 1.08 bits per heavy atom. The van der Waals surface area contributed by atoms with E-state index >= 15 is 0 Å². The Labute approximate surface area is 152 Å². The third kappa shape index (κ3) is 5.11. The molecule has 0 atom stereocenters. The fourth-order valence-electron chi connectivity index (χ4n) is 2.31. The Balaban J connectivity index is 2.08. The third-order valence-electron chi connectivity index (χ3n) is 3.58. The van der Waals surface area contributed by atoms with Gasteiger partial charge in [0.05, 0.1) is 14.2 Å². The predicted molar refractivity (Wildman–Crippen MR) is 102 cm³/mol. The molecule has 2 aromatic carbocycles. The molecule has 2 aromatic rings. The van der Waals surface area contributed by atoms with Crippen molar-refractivity contribution in [3.05, 3.63) is 59.7 Å². The van der Waals surface area contributed by atoms with E-state index < -0.39 is 0 Å². The number of hydrogen-bond donors (Lipinski definition) is 2. The number of rotatable bonds is 7. The minimum absolute atomic E-state index is 0.179. The lowest BCUT2D eigenvalue weighted by Crippen LogP contribution is -2.22. The van der Waals surface area contributed by atoms with Crippen LogP contribution in [0.15, 0.2) is 48.5 Å². The van der Waals surface area contributed by atoms with Gasteiger partial charge in [-0.1, -0.05) is 6.07 Å². The highest BCUT2D eigenvalue weighted by atomic mass is 16.5. The molecule has 0 spiro atoms. The Morgan fingerprint density at radius 3 is 2.58 bits per heavy atom. The van der Waals surface area contributed by atoms with Crippen LogP contribution in [0, 0.1) is 0 Å². The zero-order valence-electron chi connectivity index (χ0n) is 15.0. The fraction of sp³-hybridized carbons (Fsp3) is 0.200. The highest BCUT2D eigenvalue weighted by Crippen LogP contribution is 2.25. The van der Waals surface area contributed by atoms with E-state index in [1.807, 2.05) is 6.92 Å². The number of hydrogen-bond acceptors (Lipinski definition) is 4. The maximum atomic E-state index is 12.2. The van der Waals surface area contributed by atoms with Crippen LogP contribution in [-0.2, 0) is 4.79 Å². The standard InChI is InChI=1S/C20H22N2O4/c1-4-21-20(24)15-6-5-7-16(12-15)22-19(23)11-9-14-8-10-17(25-2)13-18(14)26-3/h5-13H,4H2,1-3H3,(H,21,24)(H,22,23)/b11-9+. The van der Waals surface area contributed by atoms with Gasteiger partial charge in [0.15, 0.2) is 0 Å². The van der Waals surface area contributed by atoms with Crippen LogP contribution in [0.1, 0.15) is 22.8 Å². The van der Waals surface area contributed by atoms with E-state index in [1.165, 1.54) is 6.08 Å². The molecule has 0 aliphatic rings. The predicted octanol–water partition coefficient (Wildman–Crippen LogP) is 3.11. The summed E-state index contributed by atoms with van der Waals surface area (Å²) < 4.78 is 10.4. The Bertz CT molecular complexity index is 815. The molecule has 0 saturated carbocycles. The zero-order valence-corrected chi connectivity index (χ0v) is 15.0. The highest BCUT2D eigenvalue weighted by molar-refractivity contribution is 6.03. The molecule has 0 fully saturated rings. The fourth-order valence-corrected chi connectivity index (χ4v) is 2.31. The second-order valence-electron chi connectivity index (χ2n) is 5.37. The average Bonchev–Trinajstić information content (AvgIpc) is 2.66. The number of amides is 2. The molecule has 2 N–H and O–H groups in total. The molecule has 0 bridgehead atoms. The van der Waals surface area contributed by atoms with Crippen molar-refractivity contribution >= 4 is 23.6 Å². The van der Waals surface area contributed by atoms with Crippen molar-refractivity contribution < 1.29 is 19.1 Å². The summed E-state index contributed by atoms with van der Waals surface area (Å²) in [5.74, 6) is 0.787. The molecule has 0 unspecified atom stereocenters. The molecular weight excluding hydrogens is 332 g/mol. The van der Waals surface area contributed by atoms with Crippen LogP contribution in [0.2, 0.25) is 0 Å². The minimum Gasteiger partial charge on any atom is -0.497 e.